The third kappa shape index (κ3) is 8.65. The van der Waals surface area contributed by atoms with Gasteiger partial charge in [-0.3, -0.25) is 9.69 Å². The zero-order valence-electron chi connectivity index (χ0n) is 15.8. The predicted octanol–water partition coefficient (Wildman–Crippen LogP) is 1.63. The van der Waals surface area contributed by atoms with Crippen molar-refractivity contribution in [2.45, 2.75) is 52.1 Å². The van der Waals surface area contributed by atoms with E-state index in [0.29, 0.717) is 39.1 Å². The molecule has 1 unspecified atom stereocenters. The molecule has 0 aromatic carbocycles. The fourth-order valence-corrected chi connectivity index (χ4v) is 2.70. The van der Waals surface area contributed by atoms with Crippen LogP contribution in [0.1, 0.15) is 20.8 Å². The molecule has 0 aromatic rings. The summed E-state index contributed by atoms with van der Waals surface area (Å²) in [5, 5.41) is 2.71. The molecule has 1 amide bonds. The van der Waals surface area contributed by atoms with Gasteiger partial charge in [-0.15, -0.1) is 0 Å². The number of morpholine rings is 1. The summed E-state index contributed by atoms with van der Waals surface area (Å²) in [4.78, 5) is 26.0. The lowest BCUT2D eigenvalue weighted by Crippen LogP contribution is -2.53. The van der Waals surface area contributed by atoms with Crippen molar-refractivity contribution in [3.63, 3.8) is 0 Å². The van der Waals surface area contributed by atoms with Crippen LogP contribution in [0, 0.1) is 0 Å². The molecule has 140 valence electrons. The number of carbonyl (C=O) groups excluding carboxylic acids is 2. The van der Waals surface area contributed by atoms with Gasteiger partial charge in [-0.25, -0.2) is 4.79 Å². The van der Waals surface area contributed by atoms with Crippen molar-refractivity contribution in [3.8, 4) is 0 Å². The molecule has 1 rings (SSSR count). The third-order valence-electron chi connectivity index (χ3n) is 3.23. The van der Waals surface area contributed by atoms with E-state index < -0.39 is 25.8 Å². The van der Waals surface area contributed by atoms with Crippen LogP contribution < -0.4 is 5.32 Å². The van der Waals surface area contributed by atoms with E-state index in [1.165, 1.54) is 0 Å². The Labute approximate surface area is 146 Å². The number of carbonyl (C=O) groups is 2. The Morgan fingerprint density at radius 2 is 1.96 bits per heavy atom. The van der Waals surface area contributed by atoms with Crippen LogP contribution >= 0.6 is 0 Å². The number of hydrogen-bond acceptors (Lipinski definition) is 6. The third-order valence-corrected chi connectivity index (χ3v) is 4.24. The Kier molecular flexibility index (Phi) is 7.69. The molecule has 7 nitrogen and oxygen atoms in total. The highest BCUT2D eigenvalue weighted by atomic mass is 28.3. The molecule has 1 N–H and O–H groups in total. The second-order valence-electron chi connectivity index (χ2n) is 8.22. The Bertz CT molecular complexity index is 431. The molecular formula is C16H32N2O5Si. The lowest BCUT2D eigenvalue weighted by Gasteiger charge is -2.34. The maximum Gasteiger partial charge on any atom is 0.407 e. The number of hydrogen-bond donors (Lipinski definition) is 1. The fourth-order valence-electron chi connectivity index (χ4n) is 2.12. The van der Waals surface area contributed by atoms with E-state index in [2.05, 4.69) is 25.0 Å². The minimum Gasteiger partial charge on any atom is -0.468 e. The van der Waals surface area contributed by atoms with Gasteiger partial charge in [0.25, 0.3) is 0 Å². The van der Waals surface area contributed by atoms with E-state index in [0.717, 1.165) is 0 Å². The molecule has 0 saturated carbocycles. The number of ether oxygens (including phenoxy) is 3. The van der Waals surface area contributed by atoms with E-state index in [1.54, 1.807) is 0 Å². The van der Waals surface area contributed by atoms with Crippen LogP contribution in [0.5, 0.6) is 0 Å². The first-order valence-electron chi connectivity index (χ1n) is 8.43. The van der Waals surface area contributed by atoms with Gasteiger partial charge in [0, 0.05) is 19.6 Å². The van der Waals surface area contributed by atoms with E-state index in [1.807, 2.05) is 25.7 Å². The number of esters is 1. The van der Waals surface area contributed by atoms with E-state index in [-0.39, 0.29) is 5.97 Å². The van der Waals surface area contributed by atoms with E-state index in [9.17, 15) is 9.59 Å². The second-order valence-corrected chi connectivity index (χ2v) is 13.6. The van der Waals surface area contributed by atoms with Crippen molar-refractivity contribution in [2.75, 3.05) is 39.1 Å². The van der Waals surface area contributed by atoms with Gasteiger partial charge >= 0.3 is 12.1 Å². The van der Waals surface area contributed by atoms with E-state index >= 15 is 0 Å². The molecule has 0 aromatic heterocycles. The average molecular weight is 361 g/mol. The first-order valence-corrected chi connectivity index (χ1v) is 12.1. The summed E-state index contributed by atoms with van der Waals surface area (Å²) < 4.78 is 16.1. The molecule has 1 atom stereocenters. The zero-order valence-corrected chi connectivity index (χ0v) is 16.8. The number of nitrogens with zero attached hydrogens (tertiary/aromatic N) is 1. The normalized spacial score (nSPS) is 19.7. The Hall–Kier alpha value is -1.12. The lowest BCUT2D eigenvalue weighted by molar-refractivity contribution is -0.154. The number of nitrogens with one attached hydrogen (secondary N) is 1. The van der Waals surface area contributed by atoms with Crippen LogP contribution in [0.15, 0.2) is 0 Å². The number of alkyl carbamates (subject to hydrolysis) is 1. The molecule has 1 heterocycles. The average Bonchev–Trinajstić information content (AvgIpc) is 2.42. The highest BCUT2D eigenvalue weighted by Gasteiger charge is 2.31. The first kappa shape index (κ1) is 20.9. The molecule has 1 fully saturated rings. The topological polar surface area (TPSA) is 77.1 Å². The van der Waals surface area contributed by atoms with Gasteiger partial charge in [-0.05, 0) is 20.8 Å². The lowest BCUT2D eigenvalue weighted by atomic mass is 10.2. The van der Waals surface area contributed by atoms with Crippen LogP contribution in [0.3, 0.4) is 0 Å². The molecule has 1 aliphatic heterocycles. The molecule has 0 bridgehead atoms. The van der Waals surface area contributed by atoms with Crippen molar-refractivity contribution in [3.05, 3.63) is 0 Å². The zero-order chi connectivity index (χ0) is 18.4. The molecule has 24 heavy (non-hydrogen) atoms. The molecule has 8 heteroatoms. The Balaban J connectivity index is 2.43. The smallest absolute Gasteiger partial charge is 0.407 e. The van der Waals surface area contributed by atoms with Crippen LogP contribution in [0.2, 0.25) is 19.6 Å². The van der Waals surface area contributed by atoms with Crippen molar-refractivity contribution < 1.29 is 23.8 Å². The standard InChI is InChI=1S/C16H32N2O5Si/c1-16(2,3)23-15(20)17-7-8-18-9-10-21-11-13(18)14(19)22-12-24(4,5)6/h13H,7-12H2,1-6H3,(H,17,20). The summed E-state index contributed by atoms with van der Waals surface area (Å²) in [6.07, 6.45) is 0.0559. The van der Waals surface area contributed by atoms with Gasteiger partial charge in [-0.2, -0.15) is 0 Å². The Morgan fingerprint density at radius 3 is 2.54 bits per heavy atom. The summed E-state index contributed by atoms with van der Waals surface area (Å²) in [5.41, 5.74) is -0.522. The van der Waals surface area contributed by atoms with Gasteiger partial charge < -0.3 is 19.5 Å². The molecule has 0 spiro atoms. The Morgan fingerprint density at radius 1 is 1.29 bits per heavy atom. The monoisotopic (exact) mass is 360 g/mol. The van der Waals surface area contributed by atoms with Gasteiger partial charge in [0.05, 0.1) is 27.5 Å². The number of rotatable bonds is 6. The highest BCUT2D eigenvalue weighted by molar-refractivity contribution is 6.76. The maximum atomic E-state index is 12.3. The molecule has 0 radical (unpaired) electrons. The summed E-state index contributed by atoms with van der Waals surface area (Å²) in [6, 6.07) is -0.407. The van der Waals surface area contributed by atoms with Crippen LogP contribution in [0.25, 0.3) is 0 Å². The summed E-state index contributed by atoms with van der Waals surface area (Å²) in [6.45, 7) is 14.4. The predicted molar refractivity (Wildman–Crippen MR) is 94.7 cm³/mol. The molecule has 1 saturated heterocycles. The maximum absolute atomic E-state index is 12.3. The van der Waals surface area contributed by atoms with Gasteiger partial charge in [0.1, 0.15) is 11.6 Å². The SMILES string of the molecule is CC(C)(C)OC(=O)NCCN1CCOCC1C(=O)OC[Si](C)(C)C. The highest BCUT2D eigenvalue weighted by Crippen LogP contribution is 2.10. The van der Waals surface area contributed by atoms with Crippen molar-refractivity contribution in [1.29, 1.82) is 0 Å². The second kappa shape index (κ2) is 8.82. The minimum atomic E-state index is -1.44. The van der Waals surface area contributed by atoms with Crippen molar-refractivity contribution >= 4 is 20.1 Å². The van der Waals surface area contributed by atoms with Gasteiger partial charge in [-0.1, -0.05) is 19.6 Å². The quantitative estimate of drug-likeness (QED) is 0.573. The summed E-state index contributed by atoms with van der Waals surface area (Å²) >= 11 is 0. The summed E-state index contributed by atoms with van der Waals surface area (Å²) in [5.74, 6) is -0.241. The molecule has 1 aliphatic rings. The number of amides is 1. The van der Waals surface area contributed by atoms with E-state index in [4.69, 9.17) is 14.2 Å². The van der Waals surface area contributed by atoms with Crippen LogP contribution in [0.4, 0.5) is 4.79 Å². The van der Waals surface area contributed by atoms with Gasteiger partial charge in [0.2, 0.25) is 0 Å². The van der Waals surface area contributed by atoms with Crippen LogP contribution in [-0.2, 0) is 19.0 Å². The largest absolute Gasteiger partial charge is 0.468 e. The first-order chi connectivity index (χ1) is 11.0. The van der Waals surface area contributed by atoms with Crippen molar-refractivity contribution in [1.82, 2.24) is 10.2 Å². The molecular weight excluding hydrogens is 328 g/mol. The fraction of sp³-hybridized carbons (Fsp3) is 0.875. The van der Waals surface area contributed by atoms with Crippen LogP contribution in [-0.4, -0.2) is 75.8 Å². The summed E-state index contributed by atoms with van der Waals surface area (Å²) in [7, 11) is -1.44. The molecule has 0 aliphatic carbocycles. The minimum absolute atomic E-state index is 0.241. The van der Waals surface area contributed by atoms with Crippen molar-refractivity contribution in [2.24, 2.45) is 0 Å². The van der Waals surface area contributed by atoms with Gasteiger partial charge in [0.15, 0.2) is 0 Å².